The highest BCUT2D eigenvalue weighted by Gasteiger charge is 2.74. The molecule has 1 spiro atoms. The second-order valence-electron chi connectivity index (χ2n) is 11.2. The van der Waals surface area contributed by atoms with Crippen LogP contribution in [0.3, 0.4) is 0 Å². The van der Waals surface area contributed by atoms with E-state index in [-0.39, 0.29) is 29.8 Å². The highest BCUT2D eigenvalue weighted by Crippen LogP contribution is 2.57. The number of likely N-dealkylation sites (tertiary alicyclic amines) is 1. The number of nitrogens with one attached hydrogen (secondary N) is 2. The molecule has 36 heavy (non-hydrogen) atoms. The average Bonchev–Trinajstić information content (AvgIpc) is 3.40. The molecule has 2 saturated heterocycles. The number of anilines is 1. The fourth-order valence-corrected chi connectivity index (χ4v) is 7.38. The molecule has 6 rings (SSSR count). The molecule has 5 aliphatic rings. The van der Waals surface area contributed by atoms with E-state index in [1.807, 2.05) is 12.2 Å². The van der Waals surface area contributed by atoms with Gasteiger partial charge in [-0.2, -0.15) is 0 Å². The van der Waals surface area contributed by atoms with E-state index in [2.05, 4.69) is 24.5 Å². The van der Waals surface area contributed by atoms with E-state index < -0.39 is 29.6 Å². The van der Waals surface area contributed by atoms with E-state index in [0.717, 1.165) is 32.1 Å². The van der Waals surface area contributed by atoms with Crippen LogP contribution in [0.15, 0.2) is 30.4 Å². The zero-order valence-electron chi connectivity index (χ0n) is 20.4. The van der Waals surface area contributed by atoms with Gasteiger partial charge < -0.3 is 20.3 Å². The van der Waals surface area contributed by atoms with Crippen molar-refractivity contribution in [1.29, 1.82) is 0 Å². The predicted molar refractivity (Wildman–Crippen MR) is 137 cm³/mol. The van der Waals surface area contributed by atoms with E-state index in [9.17, 15) is 14.4 Å². The highest BCUT2D eigenvalue weighted by molar-refractivity contribution is 6.35. The van der Waals surface area contributed by atoms with E-state index in [1.165, 1.54) is 0 Å². The molecule has 2 N–H and O–H groups in total. The number of carbonyl (C=O) groups is 3. The van der Waals surface area contributed by atoms with Gasteiger partial charge >= 0.3 is 0 Å². The maximum Gasteiger partial charge on any atom is 0.246 e. The summed E-state index contributed by atoms with van der Waals surface area (Å²) in [5.41, 5.74) is -0.677. The molecule has 1 aromatic rings. The molecule has 3 amide bonds. The molecular weight excluding hydrogens is 501 g/mol. The van der Waals surface area contributed by atoms with Gasteiger partial charge in [-0.3, -0.25) is 14.4 Å². The van der Waals surface area contributed by atoms with Crippen LogP contribution < -0.4 is 10.6 Å². The molecule has 0 aromatic heterocycles. The van der Waals surface area contributed by atoms with Crippen LogP contribution in [-0.4, -0.2) is 52.5 Å². The summed E-state index contributed by atoms with van der Waals surface area (Å²) in [6.07, 6.45) is 8.02. The molecule has 3 aliphatic heterocycles. The summed E-state index contributed by atoms with van der Waals surface area (Å²) in [5.74, 6) is -1.27. The fourth-order valence-electron chi connectivity index (χ4n) is 6.85. The molecule has 192 valence electrons. The molecule has 2 bridgehead atoms. The summed E-state index contributed by atoms with van der Waals surface area (Å²) in [6.45, 7) is 4.42. The van der Waals surface area contributed by atoms with Crippen molar-refractivity contribution in [2.45, 2.75) is 75.8 Å². The summed E-state index contributed by atoms with van der Waals surface area (Å²) >= 11 is 12.2. The van der Waals surface area contributed by atoms with Crippen molar-refractivity contribution in [3.8, 4) is 0 Å². The minimum absolute atomic E-state index is 0.0161. The van der Waals surface area contributed by atoms with Crippen molar-refractivity contribution in [1.82, 2.24) is 10.2 Å². The van der Waals surface area contributed by atoms with Crippen molar-refractivity contribution < 1.29 is 19.1 Å². The minimum Gasteiger partial charge on any atom is -0.359 e. The second-order valence-corrected chi connectivity index (χ2v) is 12.1. The van der Waals surface area contributed by atoms with Gasteiger partial charge in [-0.15, -0.1) is 0 Å². The number of carbonyl (C=O) groups excluding carboxylic acids is 3. The van der Waals surface area contributed by atoms with Crippen LogP contribution >= 0.6 is 23.2 Å². The molecule has 9 heteroatoms. The second kappa shape index (κ2) is 8.74. The van der Waals surface area contributed by atoms with Gasteiger partial charge in [0.25, 0.3) is 0 Å². The Morgan fingerprint density at radius 1 is 1.06 bits per heavy atom. The lowest BCUT2D eigenvalue weighted by molar-refractivity contribution is -0.142. The fraction of sp³-hybridized carbons (Fsp3) is 0.593. The summed E-state index contributed by atoms with van der Waals surface area (Å²) in [4.78, 5) is 43.0. The smallest absolute Gasteiger partial charge is 0.246 e. The molecule has 7 nitrogen and oxygen atoms in total. The number of ether oxygens (including phenoxy) is 1. The Kier molecular flexibility index (Phi) is 5.89. The first-order valence-corrected chi connectivity index (χ1v) is 13.7. The normalized spacial score (nSPS) is 38.8. The van der Waals surface area contributed by atoms with Gasteiger partial charge in [0, 0.05) is 27.8 Å². The first-order chi connectivity index (χ1) is 17.2. The SMILES string of the molecule is CC1CCCC(NC(=O)C2N(C3CC3)C(=O)C3C(C(=O)Nc4cc(Cl)cc(Cl)c4)C4C=CC32O4)C1C. The van der Waals surface area contributed by atoms with Crippen molar-refractivity contribution in [3.05, 3.63) is 40.4 Å². The van der Waals surface area contributed by atoms with Gasteiger partial charge in [-0.25, -0.2) is 0 Å². The Balaban J connectivity index is 1.29. The Hall–Kier alpha value is -2.09. The third kappa shape index (κ3) is 3.77. The molecule has 3 heterocycles. The third-order valence-electron chi connectivity index (χ3n) is 8.97. The number of hydrogen-bond acceptors (Lipinski definition) is 4. The van der Waals surface area contributed by atoms with E-state index in [1.54, 1.807) is 23.1 Å². The number of halogens is 2. The predicted octanol–water partition coefficient (Wildman–Crippen LogP) is 4.19. The zero-order chi connectivity index (χ0) is 25.4. The minimum atomic E-state index is -1.13. The Morgan fingerprint density at radius 2 is 1.78 bits per heavy atom. The van der Waals surface area contributed by atoms with Gasteiger partial charge in [0.1, 0.15) is 11.6 Å². The first kappa shape index (κ1) is 24.3. The largest absolute Gasteiger partial charge is 0.359 e. The number of hydrogen-bond donors (Lipinski definition) is 2. The first-order valence-electron chi connectivity index (χ1n) is 13.0. The number of benzene rings is 1. The van der Waals surface area contributed by atoms with Crippen LogP contribution in [0.25, 0.3) is 0 Å². The summed E-state index contributed by atoms with van der Waals surface area (Å²) < 4.78 is 6.40. The van der Waals surface area contributed by atoms with Crippen molar-refractivity contribution in [2.75, 3.05) is 5.32 Å². The Morgan fingerprint density at radius 3 is 2.47 bits per heavy atom. The van der Waals surface area contributed by atoms with Crippen LogP contribution in [-0.2, 0) is 19.1 Å². The maximum absolute atomic E-state index is 13.9. The van der Waals surface area contributed by atoms with Gasteiger partial charge in [0.2, 0.25) is 17.7 Å². The van der Waals surface area contributed by atoms with Crippen LogP contribution in [0.1, 0.15) is 46.0 Å². The van der Waals surface area contributed by atoms with Crippen LogP contribution in [0, 0.1) is 23.7 Å². The number of nitrogens with zero attached hydrogens (tertiary/aromatic N) is 1. The highest BCUT2D eigenvalue weighted by atomic mass is 35.5. The summed E-state index contributed by atoms with van der Waals surface area (Å²) in [7, 11) is 0. The van der Waals surface area contributed by atoms with Gasteiger partial charge in [-0.1, -0.05) is 62.0 Å². The molecule has 2 saturated carbocycles. The van der Waals surface area contributed by atoms with Crippen molar-refractivity contribution >= 4 is 46.6 Å². The molecule has 0 radical (unpaired) electrons. The quantitative estimate of drug-likeness (QED) is 0.557. The zero-order valence-corrected chi connectivity index (χ0v) is 21.9. The Bertz CT molecular complexity index is 1130. The summed E-state index contributed by atoms with van der Waals surface area (Å²) in [5, 5.41) is 6.95. The topological polar surface area (TPSA) is 87.7 Å². The average molecular weight is 532 g/mol. The van der Waals surface area contributed by atoms with Gasteiger partial charge in [0.15, 0.2) is 0 Å². The van der Waals surface area contributed by atoms with E-state index in [4.69, 9.17) is 27.9 Å². The van der Waals surface area contributed by atoms with Crippen LogP contribution in [0.2, 0.25) is 10.0 Å². The van der Waals surface area contributed by atoms with Gasteiger partial charge in [-0.05, 0) is 49.3 Å². The maximum atomic E-state index is 13.9. The molecule has 1 aromatic carbocycles. The molecule has 8 unspecified atom stereocenters. The monoisotopic (exact) mass is 531 g/mol. The molecule has 8 atom stereocenters. The van der Waals surface area contributed by atoms with Crippen molar-refractivity contribution in [2.24, 2.45) is 23.7 Å². The van der Waals surface area contributed by atoms with E-state index >= 15 is 0 Å². The Labute approximate surface area is 220 Å². The molecular formula is C27H31Cl2N3O4. The number of amides is 3. The standard InChI is InChI=1S/C27H31Cl2N3O4/c1-13-4-3-5-19(14(13)2)31-25(34)23-27-9-8-20(36-27)21(22(27)26(35)32(23)18-6-7-18)24(33)30-17-11-15(28)10-16(29)12-17/h8-14,18-23H,3-7H2,1-2H3,(H,30,33)(H,31,34). The number of rotatable bonds is 5. The lowest BCUT2D eigenvalue weighted by atomic mass is 9.73. The lowest BCUT2D eigenvalue weighted by Crippen LogP contribution is -2.58. The van der Waals surface area contributed by atoms with E-state index in [0.29, 0.717) is 27.6 Å². The lowest BCUT2D eigenvalue weighted by Gasteiger charge is -2.38. The number of fused-ring (bicyclic) bond motifs is 1. The van der Waals surface area contributed by atoms with Crippen LogP contribution in [0.4, 0.5) is 5.69 Å². The van der Waals surface area contributed by atoms with Crippen molar-refractivity contribution in [3.63, 3.8) is 0 Å². The third-order valence-corrected chi connectivity index (χ3v) is 9.40. The van der Waals surface area contributed by atoms with Crippen LogP contribution in [0.5, 0.6) is 0 Å². The molecule has 4 fully saturated rings. The summed E-state index contributed by atoms with van der Waals surface area (Å²) in [6, 6.07) is 4.12. The van der Waals surface area contributed by atoms with Gasteiger partial charge in [0.05, 0.1) is 17.9 Å². The molecule has 2 aliphatic carbocycles.